The lowest BCUT2D eigenvalue weighted by atomic mass is 10.2. The van der Waals surface area contributed by atoms with Gasteiger partial charge in [0.05, 0.1) is 13.2 Å². The molecule has 0 fully saturated rings. The molecule has 0 saturated heterocycles. The maximum atomic E-state index is 12.2. The first-order valence-electron chi connectivity index (χ1n) is 7.95. The number of likely N-dealkylation sites (N-methyl/N-ethyl adjacent to an activating group) is 1. The molecule has 0 atom stereocenters. The van der Waals surface area contributed by atoms with Gasteiger partial charge in [0.15, 0.2) is 0 Å². The smallest absolute Gasteiger partial charge is 0.247 e. The van der Waals surface area contributed by atoms with Crippen LogP contribution in [0.15, 0.2) is 30.3 Å². The summed E-state index contributed by atoms with van der Waals surface area (Å²) < 4.78 is 5.37. The van der Waals surface area contributed by atoms with Gasteiger partial charge in [0.25, 0.3) is 0 Å². The molecule has 1 aromatic rings. The molecule has 1 aromatic carbocycles. The van der Waals surface area contributed by atoms with Gasteiger partial charge in [0.1, 0.15) is 5.75 Å². The first kappa shape index (κ1) is 18.7. The van der Waals surface area contributed by atoms with Crippen molar-refractivity contribution < 1.29 is 14.3 Å². The summed E-state index contributed by atoms with van der Waals surface area (Å²) in [5, 5.41) is 2.78. The van der Waals surface area contributed by atoms with Gasteiger partial charge >= 0.3 is 0 Å². The van der Waals surface area contributed by atoms with Crippen LogP contribution in [-0.2, 0) is 9.59 Å². The Morgan fingerprint density at radius 1 is 1.22 bits per heavy atom. The SMILES string of the molecule is CCOc1ccc(/C=C/C(=O)N(CC)CC(=O)NC(C)C)cc1. The van der Waals surface area contributed by atoms with E-state index in [-0.39, 0.29) is 24.4 Å². The van der Waals surface area contributed by atoms with Gasteiger partial charge in [-0.3, -0.25) is 9.59 Å². The van der Waals surface area contributed by atoms with Crippen LogP contribution in [-0.4, -0.2) is 42.5 Å². The molecule has 1 N–H and O–H groups in total. The lowest BCUT2D eigenvalue weighted by Crippen LogP contribution is -2.42. The standard InChI is InChI=1S/C18H26N2O3/c1-5-20(13-17(21)19-14(3)4)18(22)12-9-15-7-10-16(11-8-15)23-6-2/h7-12,14H,5-6,13H2,1-4H3,(H,19,21)/b12-9+. The molecule has 0 saturated carbocycles. The second kappa shape index (κ2) is 9.66. The minimum atomic E-state index is -0.180. The van der Waals surface area contributed by atoms with Crippen molar-refractivity contribution >= 4 is 17.9 Å². The molecule has 1 rings (SSSR count). The minimum absolute atomic E-state index is 0.0655. The molecule has 0 spiro atoms. The maximum absolute atomic E-state index is 12.2. The van der Waals surface area contributed by atoms with Crippen molar-refractivity contribution in [1.82, 2.24) is 10.2 Å². The van der Waals surface area contributed by atoms with Crippen molar-refractivity contribution in [2.45, 2.75) is 33.7 Å². The first-order valence-corrected chi connectivity index (χ1v) is 7.95. The van der Waals surface area contributed by atoms with Crippen molar-refractivity contribution in [1.29, 1.82) is 0 Å². The number of hydrogen-bond acceptors (Lipinski definition) is 3. The summed E-state index contributed by atoms with van der Waals surface area (Å²) in [5.41, 5.74) is 0.907. The highest BCUT2D eigenvalue weighted by Gasteiger charge is 2.13. The van der Waals surface area contributed by atoms with Crippen LogP contribution in [0.5, 0.6) is 5.75 Å². The predicted octanol–water partition coefficient (Wildman–Crippen LogP) is 2.47. The number of benzene rings is 1. The third-order valence-electron chi connectivity index (χ3n) is 3.09. The van der Waals surface area contributed by atoms with Crippen molar-refractivity contribution in [3.63, 3.8) is 0 Å². The fraction of sp³-hybridized carbons (Fsp3) is 0.444. The number of nitrogens with one attached hydrogen (secondary N) is 1. The van der Waals surface area contributed by atoms with Gasteiger partial charge in [0, 0.05) is 18.7 Å². The van der Waals surface area contributed by atoms with Crippen molar-refractivity contribution in [2.24, 2.45) is 0 Å². The first-order chi connectivity index (χ1) is 11.0. The van der Waals surface area contributed by atoms with Crippen molar-refractivity contribution in [3.8, 4) is 5.75 Å². The molecule has 0 aliphatic carbocycles. The molecule has 23 heavy (non-hydrogen) atoms. The van der Waals surface area contributed by atoms with Gasteiger partial charge in [-0.1, -0.05) is 12.1 Å². The Labute approximate surface area is 138 Å². The third-order valence-corrected chi connectivity index (χ3v) is 3.09. The highest BCUT2D eigenvalue weighted by Crippen LogP contribution is 2.13. The predicted molar refractivity (Wildman–Crippen MR) is 92.2 cm³/mol. The molecule has 126 valence electrons. The number of hydrogen-bond donors (Lipinski definition) is 1. The fourth-order valence-electron chi connectivity index (χ4n) is 2.00. The van der Waals surface area contributed by atoms with Crippen LogP contribution in [0.4, 0.5) is 0 Å². The van der Waals surface area contributed by atoms with Crippen LogP contribution < -0.4 is 10.1 Å². The van der Waals surface area contributed by atoms with Gasteiger partial charge in [-0.2, -0.15) is 0 Å². The van der Waals surface area contributed by atoms with Gasteiger partial charge in [0.2, 0.25) is 11.8 Å². The summed E-state index contributed by atoms with van der Waals surface area (Å²) in [5.74, 6) is 0.474. The van der Waals surface area contributed by atoms with E-state index in [1.807, 2.05) is 52.0 Å². The zero-order valence-electron chi connectivity index (χ0n) is 14.3. The monoisotopic (exact) mass is 318 g/mol. The largest absolute Gasteiger partial charge is 0.494 e. The van der Waals surface area contributed by atoms with E-state index >= 15 is 0 Å². The fourth-order valence-corrected chi connectivity index (χ4v) is 2.00. The van der Waals surface area contributed by atoms with Gasteiger partial charge in [-0.25, -0.2) is 0 Å². The molecule has 0 aliphatic heterocycles. The molecular weight excluding hydrogens is 292 g/mol. The van der Waals surface area contributed by atoms with Crippen LogP contribution in [0.1, 0.15) is 33.3 Å². The lowest BCUT2D eigenvalue weighted by molar-refractivity contribution is -0.132. The molecular formula is C18H26N2O3. The van der Waals surface area contributed by atoms with E-state index in [1.165, 1.54) is 11.0 Å². The topological polar surface area (TPSA) is 58.6 Å². The average Bonchev–Trinajstić information content (AvgIpc) is 2.51. The van der Waals surface area contributed by atoms with Gasteiger partial charge in [-0.15, -0.1) is 0 Å². The summed E-state index contributed by atoms with van der Waals surface area (Å²) in [6, 6.07) is 7.56. The molecule has 2 amide bonds. The molecule has 5 nitrogen and oxygen atoms in total. The van der Waals surface area contributed by atoms with E-state index in [0.29, 0.717) is 13.2 Å². The zero-order valence-corrected chi connectivity index (χ0v) is 14.3. The number of rotatable bonds is 8. The van der Waals surface area contributed by atoms with E-state index < -0.39 is 0 Å². The second-order valence-electron chi connectivity index (χ2n) is 5.41. The summed E-state index contributed by atoms with van der Waals surface area (Å²) in [7, 11) is 0. The molecule has 0 aliphatic rings. The van der Waals surface area contributed by atoms with E-state index in [0.717, 1.165) is 11.3 Å². The van der Waals surface area contributed by atoms with Crippen LogP contribution in [0.3, 0.4) is 0 Å². The molecule has 5 heteroatoms. The van der Waals surface area contributed by atoms with E-state index in [2.05, 4.69) is 5.32 Å². The Kier molecular flexibility index (Phi) is 7.88. The highest BCUT2D eigenvalue weighted by molar-refractivity contribution is 5.94. The van der Waals surface area contributed by atoms with E-state index in [9.17, 15) is 9.59 Å². The molecule has 0 unspecified atom stereocenters. The molecule has 0 heterocycles. The number of ether oxygens (including phenoxy) is 1. The highest BCUT2D eigenvalue weighted by atomic mass is 16.5. The Balaban J connectivity index is 2.62. The number of amides is 2. The zero-order chi connectivity index (χ0) is 17.2. The second-order valence-corrected chi connectivity index (χ2v) is 5.41. The molecule has 0 aromatic heterocycles. The average molecular weight is 318 g/mol. The minimum Gasteiger partial charge on any atom is -0.494 e. The van der Waals surface area contributed by atoms with Gasteiger partial charge < -0.3 is 15.0 Å². The number of carbonyl (C=O) groups is 2. The van der Waals surface area contributed by atoms with Gasteiger partial charge in [-0.05, 0) is 51.5 Å². The summed E-state index contributed by atoms with van der Waals surface area (Å²) >= 11 is 0. The maximum Gasteiger partial charge on any atom is 0.247 e. The normalized spacial score (nSPS) is 10.8. The van der Waals surface area contributed by atoms with Crippen LogP contribution >= 0.6 is 0 Å². The Bertz CT molecular complexity index is 536. The third kappa shape index (κ3) is 7.00. The Hall–Kier alpha value is -2.30. The molecule has 0 bridgehead atoms. The van der Waals surface area contributed by atoms with E-state index in [4.69, 9.17) is 4.74 Å². The number of nitrogens with zero attached hydrogens (tertiary/aromatic N) is 1. The van der Waals surface area contributed by atoms with E-state index in [1.54, 1.807) is 6.08 Å². The van der Waals surface area contributed by atoms with Crippen LogP contribution in [0.2, 0.25) is 0 Å². The Morgan fingerprint density at radius 3 is 2.39 bits per heavy atom. The van der Waals surface area contributed by atoms with Crippen molar-refractivity contribution in [2.75, 3.05) is 19.7 Å². The molecule has 0 radical (unpaired) electrons. The lowest BCUT2D eigenvalue weighted by Gasteiger charge is -2.19. The van der Waals surface area contributed by atoms with Crippen LogP contribution in [0, 0.1) is 0 Å². The summed E-state index contributed by atoms with van der Waals surface area (Å²) in [4.78, 5) is 25.4. The summed E-state index contributed by atoms with van der Waals surface area (Å²) in [6.07, 6.45) is 3.23. The van der Waals surface area contributed by atoms with Crippen molar-refractivity contribution in [3.05, 3.63) is 35.9 Å². The quantitative estimate of drug-likeness (QED) is 0.749. The summed E-state index contributed by atoms with van der Waals surface area (Å²) in [6.45, 7) is 8.74. The Morgan fingerprint density at radius 2 is 1.87 bits per heavy atom. The number of carbonyl (C=O) groups excluding carboxylic acids is 2. The van der Waals surface area contributed by atoms with Crippen LogP contribution in [0.25, 0.3) is 6.08 Å².